The summed E-state index contributed by atoms with van der Waals surface area (Å²) >= 11 is 0. The van der Waals surface area contributed by atoms with E-state index < -0.39 is 17.7 Å². The van der Waals surface area contributed by atoms with Crippen molar-refractivity contribution in [3.63, 3.8) is 0 Å². The summed E-state index contributed by atoms with van der Waals surface area (Å²) in [5.41, 5.74) is -1.24. The molecule has 140 valence electrons. The van der Waals surface area contributed by atoms with Crippen LogP contribution in [0.2, 0.25) is 0 Å². The van der Waals surface area contributed by atoms with Gasteiger partial charge in [-0.15, -0.1) is 0 Å². The topological polar surface area (TPSA) is 77.8 Å². The molecule has 0 aromatic heterocycles. The Bertz CT molecular complexity index is 474. The lowest BCUT2D eigenvalue weighted by Gasteiger charge is -2.64. The monoisotopic (exact) mass is 340 g/mol. The van der Waals surface area contributed by atoms with Crippen molar-refractivity contribution in [3.8, 4) is 0 Å². The van der Waals surface area contributed by atoms with E-state index in [1.165, 1.54) is 0 Å². The SMILES string of the molecule is C[C@H](CC[C@@]1(C)[C@H](C)CC[C@]2(C)[C@@H]1CC[C@@H](O)[C@@]2(C)O)CC(=O)O. The molecule has 2 aliphatic carbocycles. The molecule has 7 atom stereocenters. The molecule has 2 fully saturated rings. The molecule has 0 aromatic rings. The van der Waals surface area contributed by atoms with Gasteiger partial charge in [-0.3, -0.25) is 4.79 Å². The van der Waals surface area contributed by atoms with Crippen molar-refractivity contribution in [2.45, 2.75) is 91.3 Å². The summed E-state index contributed by atoms with van der Waals surface area (Å²) in [6.07, 6.45) is 5.08. The lowest BCUT2D eigenvalue weighted by Crippen LogP contribution is -2.65. The molecule has 24 heavy (non-hydrogen) atoms. The number of aliphatic hydroxyl groups is 2. The fourth-order valence-corrected chi connectivity index (χ4v) is 5.71. The number of hydrogen-bond donors (Lipinski definition) is 3. The fourth-order valence-electron chi connectivity index (χ4n) is 5.71. The van der Waals surface area contributed by atoms with Crippen LogP contribution in [0.15, 0.2) is 0 Å². The number of aliphatic hydroxyl groups excluding tert-OH is 1. The number of rotatable bonds is 5. The van der Waals surface area contributed by atoms with E-state index in [4.69, 9.17) is 5.11 Å². The molecule has 0 heterocycles. The third-order valence-corrected chi connectivity index (χ3v) is 8.02. The van der Waals surface area contributed by atoms with Crippen LogP contribution in [0.5, 0.6) is 0 Å². The second-order valence-electron chi connectivity index (χ2n) is 9.40. The molecule has 3 N–H and O–H groups in total. The van der Waals surface area contributed by atoms with Crippen molar-refractivity contribution < 1.29 is 20.1 Å². The van der Waals surface area contributed by atoms with E-state index in [1.807, 2.05) is 13.8 Å². The summed E-state index contributed by atoms with van der Waals surface area (Å²) < 4.78 is 0. The summed E-state index contributed by atoms with van der Waals surface area (Å²) in [5.74, 6) is 0.370. The van der Waals surface area contributed by atoms with Crippen LogP contribution in [0.25, 0.3) is 0 Å². The van der Waals surface area contributed by atoms with E-state index >= 15 is 0 Å². The molecule has 2 rings (SSSR count). The van der Waals surface area contributed by atoms with Gasteiger partial charge in [-0.05, 0) is 68.6 Å². The van der Waals surface area contributed by atoms with Gasteiger partial charge in [-0.2, -0.15) is 0 Å². The Balaban J connectivity index is 2.22. The summed E-state index contributed by atoms with van der Waals surface area (Å²) in [7, 11) is 0. The zero-order chi connectivity index (χ0) is 18.3. The molecule has 0 bridgehead atoms. The number of carbonyl (C=O) groups is 1. The highest BCUT2D eigenvalue weighted by Crippen LogP contribution is 2.64. The molecule has 0 aromatic carbocycles. The standard InChI is InChI=1S/C20H36O4/c1-13(12-17(22)23)8-10-18(3)14(2)9-11-19(4)15(18)6-7-16(21)20(19,5)24/h13-16,21,24H,6-12H2,1-5H3,(H,22,23)/t13-,14-,15-,16-,18+,19-,20-/m1/s1. The Labute approximate surface area is 146 Å². The van der Waals surface area contributed by atoms with E-state index in [0.29, 0.717) is 18.3 Å². The van der Waals surface area contributed by atoms with Crippen LogP contribution in [-0.4, -0.2) is 33.0 Å². The third kappa shape index (κ3) is 3.12. The van der Waals surface area contributed by atoms with E-state index in [1.54, 1.807) is 0 Å². The molecule has 0 amide bonds. The summed E-state index contributed by atoms with van der Waals surface area (Å²) in [6.45, 7) is 10.6. The van der Waals surface area contributed by atoms with Gasteiger partial charge in [0.05, 0.1) is 11.7 Å². The maximum atomic E-state index is 11.1. The zero-order valence-electron chi connectivity index (χ0n) is 16.0. The highest BCUT2D eigenvalue weighted by atomic mass is 16.4. The Morgan fingerprint density at radius 2 is 1.83 bits per heavy atom. The van der Waals surface area contributed by atoms with E-state index in [-0.39, 0.29) is 23.2 Å². The smallest absolute Gasteiger partial charge is 0.303 e. The fraction of sp³-hybridized carbons (Fsp3) is 0.950. The molecule has 0 saturated heterocycles. The molecule has 0 unspecified atom stereocenters. The molecule has 0 spiro atoms. The summed E-state index contributed by atoms with van der Waals surface area (Å²) in [6, 6.07) is 0. The van der Waals surface area contributed by atoms with Gasteiger partial charge in [-0.1, -0.05) is 27.7 Å². The minimum Gasteiger partial charge on any atom is -0.481 e. The van der Waals surface area contributed by atoms with E-state index in [9.17, 15) is 15.0 Å². The van der Waals surface area contributed by atoms with E-state index in [2.05, 4.69) is 20.8 Å². The van der Waals surface area contributed by atoms with Crippen LogP contribution in [0.1, 0.15) is 79.6 Å². The highest BCUT2D eigenvalue weighted by Gasteiger charge is 2.62. The van der Waals surface area contributed by atoms with Gasteiger partial charge in [0.25, 0.3) is 0 Å². The maximum absolute atomic E-state index is 11.1. The Morgan fingerprint density at radius 3 is 2.42 bits per heavy atom. The molecule has 2 aliphatic rings. The lowest BCUT2D eigenvalue weighted by atomic mass is 9.43. The molecule has 0 aliphatic heterocycles. The van der Waals surface area contributed by atoms with Crippen molar-refractivity contribution in [2.24, 2.45) is 28.6 Å². The van der Waals surface area contributed by atoms with Crippen LogP contribution < -0.4 is 0 Å². The van der Waals surface area contributed by atoms with Crippen LogP contribution in [0, 0.1) is 28.6 Å². The average molecular weight is 341 g/mol. The van der Waals surface area contributed by atoms with Crippen molar-refractivity contribution in [2.75, 3.05) is 0 Å². The van der Waals surface area contributed by atoms with Gasteiger partial charge in [0.2, 0.25) is 0 Å². The first kappa shape index (κ1) is 19.7. The number of carboxylic acids is 1. The number of hydrogen-bond acceptors (Lipinski definition) is 3. The number of fused-ring (bicyclic) bond motifs is 1. The summed E-state index contributed by atoms with van der Waals surface area (Å²) in [5, 5.41) is 30.5. The van der Waals surface area contributed by atoms with Crippen LogP contribution in [0.3, 0.4) is 0 Å². The summed E-state index contributed by atoms with van der Waals surface area (Å²) in [4.78, 5) is 10.9. The molecule has 0 radical (unpaired) electrons. The zero-order valence-corrected chi connectivity index (χ0v) is 16.0. The Kier molecular flexibility index (Phi) is 5.42. The normalized spacial score (nSPS) is 47.0. The van der Waals surface area contributed by atoms with Crippen LogP contribution in [0.4, 0.5) is 0 Å². The van der Waals surface area contributed by atoms with Crippen LogP contribution >= 0.6 is 0 Å². The largest absolute Gasteiger partial charge is 0.481 e. The molecule has 4 nitrogen and oxygen atoms in total. The minimum atomic E-state index is -1.05. The second kappa shape index (κ2) is 6.60. The Hall–Kier alpha value is -0.610. The lowest BCUT2D eigenvalue weighted by molar-refractivity contribution is -0.235. The average Bonchev–Trinajstić information content (AvgIpc) is 2.47. The first-order valence-electron chi connectivity index (χ1n) is 9.57. The van der Waals surface area contributed by atoms with Gasteiger partial charge in [0.1, 0.15) is 0 Å². The quantitative estimate of drug-likeness (QED) is 0.710. The first-order chi connectivity index (χ1) is 10.9. The molecule has 2 saturated carbocycles. The maximum Gasteiger partial charge on any atom is 0.303 e. The van der Waals surface area contributed by atoms with Crippen LogP contribution in [-0.2, 0) is 4.79 Å². The van der Waals surface area contributed by atoms with Gasteiger partial charge in [0.15, 0.2) is 0 Å². The van der Waals surface area contributed by atoms with Crippen molar-refractivity contribution in [1.82, 2.24) is 0 Å². The predicted octanol–water partition coefficient (Wildman–Crippen LogP) is 3.84. The van der Waals surface area contributed by atoms with E-state index in [0.717, 1.165) is 32.1 Å². The van der Waals surface area contributed by atoms with Crippen molar-refractivity contribution in [3.05, 3.63) is 0 Å². The van der Waals surface area contributed by atoms with Gasteiger partial charge in [0, 0.05) is 11.8 Å². The minimum absolute atomic E-state index is 0.0872. The van der Waals surface area contributed by atoms with Gasteiger partial charge < -0.3 is 15.3 Å². The van der Waals surface area contributed by atoms with Crippen molar-refractivity contribution in [1.29, 1.82) is 0 Å². The molecular formula is C20H36O4. The first-order valence-corrected chi connectivity index (χ1v) is 9.57. The molecular weight excluding hydrogens is 304 g/mol. The third-order valence-electron chi connectivity index (χ3n) is 8.02. The number of aliphatic carboxylic acids is 1. The highest BCUT2D eigenvalue weighted by molar-refractivity contribution is 5.66. The second-order valence-corrected chi connectivity index (χ2v) is 9.40. The van der Waals surface area contributed by atoms with Gasteiger partial charge >= 0.3 is 5.97 Å². The molecule has 4 heteroatoms. The van der Waals surface area contributed by atoms with Crippen molar-refractivity contribution >= 4 is 5.97 Å². The number of carboxylic acid groups (broad SMARTS) is 1. The predicted molar refractivity (Wildman–Crippen MR) is 94.6 cm³/mol. The van der Waals surface area contributed by atoms with Gasteiger partial charge in [-0.25, -0.2) is 0 Å². The Morgan fingerprint density at radius 1 is 1.21 bits per heavy atom.